The molecule has 1 aliphatic heterocycles. The lowest BCUT2D eigenvalue weighted by molar-refractivity contribution is 0.255. The SMILES string of the molecule is O=S(=O)(c1ccc(Cl)s1)N1CCC(Cn2cnc3ccccc32)CC1. The van der Waals surface area contributed by atoms with Crippen molar-refractivity contribution in [3.8, 4) is 0 Å². The van der Waals surface area contributed by atoms with Crippen LogP contribution in [0.1, 0.15) is 12.8 Å². The van der Waals surface area contributed by atoms with E-state index in [9.17, 15) is 8.42 Å². The van der Waals surface area contributed by atoms with Crippen molar-refractivity contribution in [2.24, 2.45) is 5.92 Å². The second-order valence-corrected chi connectivity index (χ2v) is 10.2. The molecule has 5 nitrogen and oxygen atoms in total. The lowest BCUT2D eigenvalue weighted by Gasteiger charge is -2.31. The van der Waals surface area contributed by atoms with Crippen molar-refractivity contribution in [3.05, 3.63) is 47.1 Å². The summed E-state index contributed by atoms with van der Waals surface area (Å²) >= 11 is 7.00. The Morgan fingerprint density at radius 1 is 1.16 bits per heavy atom. The first-order valence-electron chi connectivity index (χ1n) is 8.19. The van der Waals surface area contributed by atoms with Gasteiger partial charge in [-0.05, 0) is 43.0 Å². The van der Waals surface area contributed by atoms with E-state index in [-0.39, 0.29) is 0 Å². The molecule has 1 fully saturated rings. The molecule has 0 atom stereocenters. The number of fused-ring (bicyclic) bond motifs is 1. The molecule has 2 aromatic heterocycles. The van der Waals surface area contributed by atoms with E-state index < -0.39 is 10.0 Å². The molecule has 1 saturated heterocycles. The summed E-state index contributed by atoms with van der Waals surface area (Å²) in [5, 5.41) is 0. The van der Waals surface area contributed by atoms with Crippen LogP contribution in [0.15, 0.2) is 46.9 Å². The molecule has 0 spiro atoms. The third-order valence-corrected chi connectivity index (χ3v) is 8.30. The maximum absolute atomic E-state index is 12.7. The fraction of sp³-hybridized carbons (Fsp3) is 0.353. The highest BCUT2D eigenvalue weighted by atomic mass is 35.5. The molecular formula is C17H18ClN3O2S2. The molecule has 132 valence electrons. The fourth-order valence-electron chi connectivity index (χ4n) is 3.33. The molecule has 0 saturated carbocycles. The fourth-order valence-corrected chi connectivity index (χ4v) is 6.44. The summed E-state index contributed by atoms with van der Waals surface area (Å²) in [5.41, 5.74) is 2.13. The van der Waals surface area contributed by atoms with E-state index in [0.29, 0.717) is 27.6 Å². The number of sulfonamides is 1. The van der Waals surface area contributed by atoms with Crippen LogP contribution in [0.4, 0.5) is 0 Å². The molecule has 0 radical (unpaired) electrons. The van der Waals surface area contributed by atoms with Gasteiger partial charge in [-0.2, -0.15) is 4.31 Å². The van der Waals surface area contributed by atoms with E-state index in [1.807, 2.05) is 24.5 Å². The van der Waals surface area contributed by atoms with E-state index in [4.69, 9.17) is 11.6 Å². The topological polar surface area (TPSA) is 55.2 Å². The summed E-state index contributed by atoms with van der Waals surface area (Å²) in [6.07, 6.45) is 3.58. The van der Waals surface area contributed by atoms with Gasteiger partial charge in [0.05, 0.1) is 21.7 Å². The quantitative estimate of drug-likeness (QED) is 0.674. The number of nitrogens with zero attached hydrogens (tertiary/aromatic N) is 3. The van der Waals surface area contributed by atoms with E-state index in [1.165, 1.54) is 0 Å². The number of rotatable bonds is 4. The molecule has 4 rings (SSSR count). The summed E-state index contributed by atoms with van der Waals surface area (Å²) < 4.78 is 29.9. The van der Waals surface area contributed by atoms with Gasteiger partial charge in [-0.3, -0.25) is 0 Å². The average molecular weight is 396 g/mol. The number of hydrogen-bond acceptors (Lipinski definition) is 4. The molecule has 1 aliphatic rings. The van der Waals surface area contributed by atoms with Gasteiger partial charge in [0, 0.05) is 19.6 Å². The Labute approximate surface area is 155 Å². The maximum Gasteiger partial charge on any atom is 0.252 e. The van der Waals surface area contributed by atoms with Gasteiger partial charge in [0.1, 0.15) is 4.21 Å². The third kappa shape index (κ3) is 3.33. The van der Waals surface area contributed by atoms with Crippen molar-refractivity contribution in [2.45, 2.75) is 23.6 Å². The Morgan fingerprint density at radius 3 is 2.64 bits per heavy atom. The number of piperidine rings is 1. The van der Waals surface area contributed by atoms with Gasteiger partial charge in [-0.15, -0.1) is 11.3 Å². The van der Waals surface area contributed by atoms with E-state index in [2.05, 4.69) is 15.6 Å². The summed E-state index contributed by atoms with van der Waals surface area (Å²) in [6.45, 7) is 1.98. The molecule has 0 bridgehead atoms. The standard InChI is InChI=1S/C17H18ClN3O2S2/c18-16-5-6-17(24-16)25(22,23)21-9-7-13(8-10-21)11-20-12-19-14-3-1-2-4-15(14)20/h1-6,12-13H,7-11H2. The Balaban J connectivity index is 1.43. The number of imidazole rings is 1. The van der Waals surface area contributed by atoms with Crippen LogP contribution in [-0.4, -0.2) is 35.4 Å². The van der Waals surface area contributed by atoms with Crippen molar-refractivity contribution >= 4 is 44.0 Å². The predicted molar refractivity (Wildman–Crippen MR) is 101 cm³/mol. The predicted octanol–water partition coefficient (Wildman–Crippen LogP) is 3.85. The smallest absolute Gasteiger partial charge is 0.252 e. The number of para-hydroxylation sites is 2. The molecule has 0 amide bonds. The monoisotopic (exact) mass is 395 g/mol. The Kier molecular flexibility index (Phi) is 4.58. The molecule has 1 aromatic carbocycles. The second-order valence-electron chi connectivity index (χ2n) is 6.29. The first kappa shape index (κ1) is 17.0. The van der Waals surface area contributed by atoms with Crippen molar-refractivity contribution in [1.82, 2.24) is 13.9 Å². The van der Waals surface area contributed by atoms with Crippen LogP contribution in [0.5, 0.6) is 0 Å². The van der Waals surface area contributed by atoms with Crippen molar-refractivity contribution in [1.29, 1.82) is 0 Å². The third-order valence-electron chi connectivity index (χ3n) is 4.70. The first-order valence-corrected chi connectivity index (χ1v) is 10.8. The highest BCUT2D eigenvalue weighted by Gasteiger charge is 2.30. The zero-order valence-electron chi connectivity index (χ0n) is 13.5. The lowest BCUT2D eigenvalue weighted by atomic mass is 9.98. The van der Waals surface area contributed by atoms with Crippen molar-refractivity contribution < 1.29 is 8.42 Å². The molecule has 8 heteroatoms. The zero-order valence-corrected chi connectivity index (χ0v) is 15.9. The molecule has 0 aliphatic carbocycles. The van der Waals surface area contributed by atoms with Gasteiger partial charge < -0.3 is 4.57 Å². The summed E-state index contributed by atoms with van der Waals surface area (Å²) in [4.78, 5) is 4.43. The van der Waals surface area contributed by atoms with Gasteiger partial charge >= 0.3 is 0 Å². The minimum Gasteiger partial charge on any atom is -0.330 e. The number of hydrogen-bond donors (Lipinski definition) is 0. The summed E-state index contributed by atoms with van der Waals surface area (Å²) in [5.74, 6) is 0.455. The highest BCUT2D eigenvalue weighted by molar-refractivity contribution is 7.91. The molecule has 3 aromatic rings. The number of aromatic nitrogens is 2. The normalized spacial score (nSPS) is 17.3. The minimum atomic E-state index is -3.41. The Morgan fingerprint density at radius 2 is 1.92 bits per heavy atom. The molecule has 25 heavy (non-hydrogen) atoms. The van der Waals surface area contributed by atoms with Crippen LogP contribution in [-0.2, 0) is 16.6 Å². The summed E-state index contributed by atoms with van der Waals surface area (Å²) in [7, 11) is -3.41. The average Bonchev–Trinajstić information content (AvgIpc) is 3.23. The molecule has 3 heterocycles. The van der Waals surface area contributed by atoms with Crippen LogP contribution in [0.3, 0.4) is 0 Å². The van der Waals surface area contributed by atoms with E-state index in [1.54, 1.807) is 16.4 Å². The van der Waals surface area contributed by atoms with E-state index >= 15 is 0 Å². The highest BCUT2D eigenvalue weighted by Crippen LogP contribution is 2.31. The van der Waals surface area contributed by atoms with Gasteiger partial charge in [-0.1, -0.05) is 23.7 Å². The maximum atomic E-state index is 12.7. The van der Waals surface area contributed by atoms with Crippen molar-refractivity contribution in [3.63, 3.8) is 0 Å². The van der Waals surface area contributed by atoms with Crippen LogP contribution < -0.4 is 0 Å². The number of benzene rings is 1. The van der Waals surface area contributed by atoms with Gasteiger partial charge in [0.25, 0.3) is 10.0 Å². The van der Waals surface area contributed by atoms with E-state index in [0.717, 1.165) is 41.8 Å². The number of halogens is 1. The van der Waals surface area contributed by atoms with Crippen LogP contribution >= 0.6 is 22.9 Å². The van der Waals surface area contributed by atoms with Gasteiger partial charge in [0.2, 0.25) is 0 Å². The van der Waals surface area contributed by atoms with Crippen LogP contribution in [0.25, 0.3) is 11.0 Å². The zero-order chi connectivity index (χ0) is 17.4. The molecule has 0 N–H and O–H groups in total. The minimum absolute atomic E-state index is 0.330. The summed E-state index contributed by atoms with van der Waals surface area (Å²) in [6, 6.07) is 11.3. The van der Waals surface area contributed by atoms with Gasteiger partial charge in [-0.25, -0.2) is 13.4 Å². The Hall–Kier alpha value is -1.41. The van der Waals surface area contributed by atoms with Gasteiger partial charge in [0.15, 0.2) is 0 Å². The molecule has 0 unspecified atom stereocenters. The van der Waals surface area contributed by atoms with Crippen LogP contribution in [0.2, 0.25) is 4.34 Å². The van der Waals surface area contributed by atoms with Crippen LogP contribution in [0, 0.1) is 5.92 Å². The second kappa shape index (κ2) is 6.72. The Bertz CT molecular complexity index is 988. The first-order chi connectivity index (χ1) is 12.0. The van der Waals surface area contributed by atoms with Crippen molar-refractivity contribution in [2.75, 3.05) is 13.1 Å². The molecular weight excluding hydrogens is 378 g/mol. The number of thiophene rings is 1. The largest absolute Gasteiger partial charge is 0.330 e. The lowest BCUT2D eigenvalue weighted by Crippen LogP contribution is -2.39.